The van der Waals surface area contributed by atoms with Gasteiger partial charge >= 0.3 is 0 Å². The van der Waals surface area contributed by atoms with Crippen molar-refractivity contribution >= 4 is 5.91 Å². The molecule has 4 heteroatoms. The van der Waals surface area contributed by atoms with Crippen LogP contribution >= 0.6 is 0 Å². The van der Waals surface area contributed by atoms with Gasteiger partial charge in [-0.1, -0.05) is 13.8 Å². The predicted octanol–water partition coefficient (Wildman–Crippen LogP) is 0.794. The van der Waals surface area contributed by atoms with Crippen molar-refractivity contribution in [1.82, 2.24) is 10.6 Å². The third-order valence-corrected chi connectivity index (χ3v) is 2.88. The van der Waals surface area contributed by atoms with Crippen LogP contribution < -0.4 is 10.6 Å². The second-order valence-corrected chi connectivity index (χ2v) is 4.92. The molecule has 1 amide bonds. The van der Waals surface area contributed by atoms with Crippen molar-refractivity contribution in [3.8, 4) is 6.07 Å². The van der Waals surface area contributed by atoms with E-state index in [0.717, 1.165) is 12.8 Å². The number of nitriles is 1. The van der Waals surface area contributed by atoms with Crippen LogP contribution in [0.15, 0.2) is 0 Å². The van der Waals surface area contributed by atoms with Crippen LogP contribution in [0, 0.1) is 16.7 Å². The predicted molar refractivity (Wildman–Crippen MR) is 58.0 cm³/mol. The zero-order chi connectivity index (χ0) is 11.3. The average Bonchev–Trinajstić information content (AvgIpc) is 2.52. The van der Waals surface area contributed by atoms with Gasteiger partial charge in [-0.25, -0.2) is 0 Å². The van der Waals surface area contributed by atoms with Crippen molar-refractivity contribution in [2.45, 2.75) is 39.2 Å². The summed E-state index contributed by atoms with van der Waals surface area (Å²) >= 11 is 0. The second kappa shape index (κ2) is 5.13. The second-order valence-electron chi connectivity index (χ2n) is 4.92. The Labute approximate surface area is 91.0 Å². The summed E-state index contributed by atoms with van der Waals surface area (Å²) in [4.78, 5) is 11.2. The molecular weight excluding hydrogens is 190 g/mol. The minimum absolute atomic E-state index is 0.0939. The Morgan fingerprint density at radius 3 is 2.87 bits per heavy atom. The highest BCUT2D eigenvalue weighted by Crippen LogP contribution is 2.36. The van der Waals surface area contributed by atoms with Gasteiger partial charge in [0.15, 0.2) is 0 Å². The van der Waals surface area contributed by atoms with Crippen molar-refractivity contribution < 1.29 is 4.79 Å². The van der Waals surface area contributed by atoms with Crippen LogP contribution in [0.2, 0.25) is 0 Å². The number of carbonyl (C=O) groups is 1. The maximum absolute atomic E-state index is 11.2. The van der Waals surface area contributed by atoms with Gasteiger partial charge in [0.05, 0.1) is 12.6 Å². The SMILES string of the molecule is CC1(C)CCC(NCC(=O)NCC#N)C1. The van der Waals surface area contributed by atoms with E-state index < -0.39 is 0 Å². The molecule has 1 aliphatic rings. The molecule has 0 bridgehead atoms. The molecule has 1 aliphatic carbocycles. The molecule has 0 spiro atoms. The summed E-state index contributed by atoms with van der Waals surface area (Å²) in [5.41, 5.74) is 0.404. The molecule has 15 heavy (non-hydrogen) atoms. The van der Waals surface area contributed by atoms with E-state index in [9.17, 15) is 4.79 Å². The molecule has 0 aromatic heterocycles. The number of hydrogen-bond donors (Lipinski definition) is 2. The number of amides is 1. The fraction of sp³-hybridized carbons (Fsp3) is 0.818. The van der Waals surface area contributed by atoms with Gasteiger partial charge in [0.1, 0.15) is 6.54 Å². The van der Waals surface area contributed by atoms with Crippen molar-refractivity contribution in [2.75, 3.05) is 13.1 Å². The third kappa shape index (κ3) is 4.30. The highest BCUT2D eigenvalue weighted by molar-refractivity contribution is 5.78. The average molecular weight is 209 g/mol. The van der Waals surface area contributed by atoms with Gasteiger partial charge in [0, 0.05) is 6.04 Å². The molecule has 0 aliphatic heterocycles. The fourth-order valence-corrected chi connectivity index (χ4v) is 2.05. The van der Waals surface area contributed by atoms with Crippen LogP contribution in [0.5, 0.6) is 0 Å². The van der Waals surface area contributed by atoms with Gasteiger partial charge < -0.3 is 10.6 Å². The number of nitrogens with one attached hydrogen (secondary N) is 2. The zero-order valence-corrected chi connectivity index (χ0v) is 9.47. The largest absolute Gasteiger partial charge is 0.342 e. The van der Waals surface area contributed by atoms with Crippen LogP contribution in [0.3, 0.4) is 0 Å². The Bertz CT molecular complexity index is 267. The fourth-order valence-electron chi connectivity index (χ4n) is 2.05. The van der Waals surface area contributed by atoms with Crippen LogP contribution in [0.4, 0.5) is 0 Å². The van der Waals surface area contributed by atoms with Crippen LogP contribution in [0.1, 0.15) is 33.1 Å². The lowest BCUT2D eigenvalue weighted by Gasteiger charge is -2.17. The Hall–Kier alpha value is -1.08. The maximum Gasteiger partial charge on any atom is 0.234 e. The minimum Gasteiger partial charge on any atom is -0.342 e. The lowest BCUT2D eigenvalue weighted by molar-refractivity contribution is -0.120. The molecule has 1 rings (SSSR count). The molecule has 0 saturated heterocycles. The first-order valence-electron chi connectivity index (χ1n) is 5.40. The van der Waals surface area contributed by atoms with Gasteiger partial charge in [-0.05, 0) is 24.7 Å². The van der Waals surface area contributed by atoms with Gasteiger partial charge in [0.25, 0.3) is 0 Å². The normalized spacial score (nSPS) is 23.4. The Morgan fingerprint density at radius 1 is 1.60 bits per heavy atom. The summed E-state index contributed by atoms with van der Waals surface area (Å²) in [6.07, 6.45) is 3.47. The maximum atomic E-state index is 11.2. The Balaban J connectivity index is 2.16. The molecule has 1 atom stereocenters. The highest BCUT2D eigenvalue weighted by Gasteiger charge is 2.30. The van der Waals surface area contributed by atoms with Crippen molar-refractivity contribution in [1.29, 1.82) is 5.26 Å². The summed E-state index contributed by atoms with van der Waals surface area (Å²) in [6, 6.07) is 2.33. The van der Waals surface area contributed by atoms with Crippen LogP contribution in [0.25, 0.3) is 0 Å². The first-order valence-corrected chi connectivity index (χ1v) is 5.40. The molecular formula is C11H19N3O. The lowest BCUT2D eigenvalue weighted by atomic mass is 9.92. The first kappa shape index (κ1) is 12.0. The molecule has 0 heterocycles. The number of carbonyl (C=O) groups excluding carboxylic acids is 1. The number of rotatable bonds is 4. The molecule has 4 nitrogen and oxygen atoms in total. The van der Waals surface area contributed by atoms with Gasteiger partial charge in [-0.2, -0.15) is 5.26 Å². The molecule has 0 aromatic carbocycles. The zero-order valence-electron chi connectivity index (χ0n) is 9.47. The van der Waals surface area contributed by atoms with Crippen molar-refractivity contribution in [2.24, 2.45) is 5.41 Å². The molecule has 1 saturated carbocycles. The molecule has 0 radical (unpaired) electrons. The smallest absolute Gasteiger partial charge is 0.234 e. The highest BCUT2D eigenvalue weighted by atomic mass is 16.1. The van der Waals surface area contributed by atoms with Gasteiger partial charge in [-0.15, -0.1) is 0 Å². The Kier molecular flexibility index (Phi) is 4.10. The summed E-state index contributed by atoms with van der Waals surface area (Å²) in [7, 11) is 0. The number of nitrogens with zero attached hydrogens (tertiary/aromatic N) is 1. The van der Waals surface area contributed by atoms with E-state index in [0.29, 0.717) is 18.0 Å². The topological polar surface area (TPSA) is 64.9 Å². The molecule has 0 aromatic rings. The van der Waals surface area contributed by atoms with Crippen LogP contribution in [-0.4, -0.2) is 25.0 Å². The molecule has 2 N–H and O–H groups in total. The van der Waals surface area contributed by atoms with E-state index >= 15 is 0 Å². The van der Waals surface area contributed by atoms with E-state index in [1.807, 2.05) is 6.07 Å². The van der Waals surface area contributed by atoms with E-state index in [-0.39, 0.29) is 12.5 Å². The van der Waals surface area contributed by atoms with E-state index in [4.69, 9.17) is 5.26 Å². The van der Waals surface area contributed by atoms with Crippen molar-refractivity contribution in [3.63, 3.8) is 0 Å². The van der Waals surface area contributed by atoms with Crippen molar-refractivity contribution in [3.05, 3.63) is 0 Å². The molecule has 1 fully saturated rings. The minimum atomic E-state index is -0.0961. The van der Waals surface area contributed by atoms with Gasteiger partial charge in [0.2, 0.25) is 5.91 Å². The number of hydrogen-bond acceptors (Lipinski definition) is 3. The van der Waals surface area contributed by atoms with E-state index in [1.165, 1.54) is 6.42 Å². The quantitative estimate of drug-likeness (QED) is 0.673. The first-order chi connectivity index (χ1) is 7.03. The van der Waals surface area contributed by atoms with Crippen LogP contribution in [-0.2, 0) is 4.79 Å². The third-order valence-electron chi connectivity index (χ3n) is 2.88. The molecule has 1 unspecified atom stereocenters. The summed E-state index contributed by atoms with van der Waals surface area (Å²) < 4.78 is 0. The standard InChI is InChI=1S/C11H19N3O/c1-11(2)4-3-9(7-11)14-8-10(15)13-6-5-12/h9,14H,3-4,6-8H2,1-2H3,(H,13,15). The monoisotopic (exact) mass is 209 g/mol. The summed E-state index contributed by atoms with van der Waals surface area (Å²) in [5.74, 6) is -0.0961. The Morgan fingerprint density at radius 2 is 2.33 bits per heavy atom. The summed E-state index contributed by atoms with van der Waals surface area (Å²) in [6.45, 7) is 4.92. The van der Waals surface area contributed by atoms with E-state index in [2.05, 4.69) is 24.5 Å². The van der Waals surface area contributed by atoms with E-state index in [1.54, 1.807) is 0 Å². The molecule has 84 valence electrons. The lowest BCUT2D eigenvalue weighted by Crippen LogP contribution is -2.38. The van der Waals surface area contributed by atoms with Gasteiger partial charge in [-0.3, -0.25) is 4.79 Å². The summed E-state index contributed by atoms with van der Waals surface area (Å²) in [5, 5.41) is 14.0.